The summed E-state index contributed by atoms with van der Waals surface area (Å²) >= 11 is 5.91. The van der Waals surface area contributed by atoms with Crippen molar-refractivity contribution in [2.45, 2.75) is 32.2 Å². The summed E-state index contributed by atoms with van der Waals surface area (Å²) in [5, 5.41) is 4.32. The van der Waals surface area contributed by atoms with Crippen molar-refractivity contribution in [3.63, 3.8) is 0 Å². The summed E-state index contributed by atoms with van der Waals surface area (Å²) in [6.45, 7) is 3.12. The number of benzene rings is 1. The molecule has 2 rings (SSSR count). The van der Waals surface area contributed by atoms with E-state index in [0.29, 0.717) is 6.04 Å². The smallest absolute Gasteiger partial charge is 0.103 e. The molecule has 0 spiro atoms. The summed E-state index contributed by atoms with van der Waals surface area (Å²) < 4.78 is 5.38. The molecule has 1 atom stereocenters. The van der Waals surface area contributed by atoms with Gasteiger partial charge in [-0.1, -0.05) is 30.7 Å². The van der Waals surface area contributed by atoms with E-state index in [9.17, 15) is 0 Å². The Morgan fingerprint density at radius 2 is 2.00 bits per heavy atom. The molecule has 0 aliphatic rings. The maximum Gasteiger partial charge on any atom is 0.103 e. The van der Waals surface area contributed by atoms with Crippen LogP contribution < -0.4 is 5.32 Å². The fourth-order valence-electron chi connectivity index (χ4n) is 2.24. The molecule has 1 aromatic heterocycles. The molecular formula is C16H20ClNO. The van der Waals surface area contributed by atoms with E-state index in [-0.39, 0.29) is 0 Å². The Bertz CT molecular complexity index is 464. The Labute approximate surface area is 119 Å². The lowest BCUT2D eigenvalue weighted by molar-refractivity contribution is 0.448. The SMILES string of the molecule is CCNC(CCc1ccco1)Cc1ccc(Cl)cc1. The largest absolute Gasteiger partial charge is 0.469 e. The van der Waals surface area contributed by atoms with Crippen molar-refractivity contribution in [1.82, 2.24) is 5.32 Å². The molecule has 1 aromatic carbocycles. The number of halogens is 1. The standard InChI is InChI=1S/C16H20ClNO/c1-2-18-15(9-10-16-4-3-11-19-16)12-13-5-7-14(17)8-6-13/h3-8,11,15,18H,2,9-10,12H2,1H3. The van der Waals surface area contributed by atoms with Crippen molar-refractivity contribution in [2.75, 3.05) is 6.54 Å². The minimum atomic E-state index is 0.469. The van der Waals surface area contributed by atoms with Crippen molar-refractivity contribution in [2.24, 2.45) is 0 Å². The van der Waals surface area contributed by atoms with E-state index >= 15 is 0 Å². The molecule has 0 aliphatic carbocycles. The quantitative estimate of drug-likeness (QED) is 0.825. The fourth-order valence-corrected chi connectivity index (χ4v) is 2.37. The molecule has 0 radical (unpaired) electrons. The molecular weight excluding hydrogens is 258 g/mol. The van der Waals surface area contributed by atoms with Crippen LogP contribution in [0.5, 0.6) is 0 Å². The highest BCUT2D eigenvalue weighted by molar-refractivity contribution is 6.30. The monoisotopic (exact) mass is 277 g/mol. The molecule has 0 saturated carbocycles. The van der Waals surface area contributed by atoms with Gasteiger partial charge in [-0.3, -0.25) is 0 Å². The predicted octanol–water partition coefficient (Wildman–Crippen LogP) is 4.09. The maximum absolute atomic E-state index is 5.91. The van der Waals surface area contributed by atoms with Gasteiger partial charge in [0.15, 0.2) is 0 Å². The van der Waals surface area contributed by atoms with E-state index in [2.05, 4.69) is 24.4 Å². The number of aryl methyl sites for hydroxylation is 1. The third kappa shape index (κ3) is 4.73. The molecule has 1 heterocycles. The molecule has 0 aliphatic heterocycles. The first-order valence-electron chi connectivity index (χ1n) is 6.78. The van der Waals surface area contributed by atoms with Gasteiger partial charge in [0.1, 0.15) is 5.76 Å². The van der Waals surface area contributed by atoms with Crippen LogP contribution in [-0.4, -0.2) is 12.6 Å². The van der Waals surface area contributed by atoms with E-state index < -0.39 is 0 Å². The Hall–Kier alpha value is -1.25. The zero-order chi connectivity index (χ0) is 13.5. The third-order valence-corrected chi connectivity index (χ3v) is 3.46. The molecule has 1 N–H and O–H groups in total. The molecule has 2 nitrogen and oxygen atoms in total. The van der Waals surface area contributed by atoms with E-state index in [0.717, 1.165) is 36.6 Å². The number of likely N-dealkylation sites (N-methyl/N-ethyl adjacent to an activating group) is 1. The zero-order valence-corrected chi connectivity index (χ0v) is 12.0. The summed E-state index contributed by atoms with van der Waals surface area (Å²) in [6.07, 6.45) is 4.80. The number of nitrogens with one attached hydrogen (secondary N) is 1. The lowest BCUT2D eigenvalue weighted by atomic mass is 10.0. The first-order valence-corrected chi connectivity index (χ1v) is 7.16. The number of hydrogen-bond donors (Lipinski definition) is 1. The molecule has 0 fully saturated rings. The van der Waals surface area contributed by atoms with E-state index in [1.165, 1.54) is 5.56 Å². The van der Waals surface area contributed by atoms with Gasteiger partial charge in [0.05, 0.1) is 6.26 Å². The van der Waals surface area contributed by atoms with Crippen molar-refractivity contribution < 1.29 is 4.42 Å². The topological polar surface area (TPSA) is 25.2 Å². The van der Waals surface area contributed by atoms with E-state index in [1.807, 2.05) is 24.3 Å². The van der Waals surface area contributed by atoms with Gasteiger partial charge in [0.2, 0.25) is 0 Å². The van der Waals surface area contributed by atoms with Crippen LogP contribution in [0.1, 0.15) is 24.7 Å². The van der Waals surface area contributed by atoms with E-state index in [1.54, 1.807) is 6.26 Å². The summed E-state index contributed by atoms with van der Waals surface area (Å²) in [4.78, 5) is 0. The van der Waals surface area contributed by atoms with Crippen LogP contribution in [0.25, 0.3) is 0 Å². The van der Waals surface area contributed by atoms with Gasteiger partial charge in [-0.15, -0.1) is 0 Å². The van der Waals surface area contributed by atoms with Crippen LogP contribution in [0.15, 0.2) is 47.1 Å². The van der Waals surface area contributed by atoms with Gasteiger partial charge in [-0.25, -0.2) is 0 Å². The van der Waals surface area contributed by atoms with Crippen LogP contribution in [0.4, 0.5) is 0 Å². The summed E-state index contributed by atoms with van der Waals surface area (Å²) in [5.41, 5.74) is 1.31. The highest BCUT2D eigenvalue weighted by Gasteiger charge is 2.09. The highest BCUT2D eigenvalue weighted by Crippen LogP contribution is 2.14. The minimum Gasteiger partial charge on any atom is -0.469 e. The molecule has 102 valence electrons. The predicted molar refractivity (Wildman–Crippen MR) is 79.6 cm³/mol. The average molecular weight is 278 g/mol. The Morgan fingerprint density at radius 3 is 2.63 bits per heavy atom. The normalized spacial score (nSPS) is 12.5. The molecule has 2 aromatic rings. The Balaban J connectivity index is 1.89. The number of hydrogen-bond acceptors (Lipinski definition) is 2. The molecule has 0 amide bonds. The summed E-state index contributed by atoms with van der Waals surface area (Å²) in [5.74, 6) is 1.05. The van der Waals surface area contributed by atoms with Crippen LogP contribution in [-0.2, 0) is 12.8 Å². The third-order valence-electron chi connectivity index (χ3n) is 3.21. The molecule has 0 saturated heterocycles. The first kappa shape index (κ1) is 14.2. The van der Waals surface area contributed by atoms with Gasteiger partial charge in [-0.05, 0) is 49.2 Å². The molecule has 19 heavy (non-hydrogen) atoms. The molecule has 0 bridgehead atoms. The van der Waals surface area contributed by atoms with Crippen molar-refractivity contribution >= 4 is 11.6 Å². The summed E-state index contributed by atoms with van der Waals surface area (Å²) in [7, 11) is 0. The number of furan rings is 1. The maximum atomic E-state index is 5.91. The second kappa shape index (κ2) is 7.37. The molecule has 1 unspecified atom stereocenters. The van der Waals surface area contributed by atoms with Gasteiger partial charge in [0.25, 0.3) is 0 Å². The lowest BCUT2D eigenvalue weighted by Gasteiger charge is -2.17. The molecule has 3 heteroatoms. The minimum absolute atomic E-state index is 0.469. The van der Waals surface area contributed by atoms with Gasteiger partial charge in [0, 0.05) is 17.5 Å². The lowest BCUT2D eigenvalue weighted by Crippen LogP contribution is -2.31. The van der Waals surface area contributed by atoms with Crippen LogP contribution >= 0.6 is 11.6 Å². The average Bonchev–Trinajstić information content (AvgIpc) is 2.92. The highest BCUT2D eigenvalue weighted by atomic mass is 35.5. The van der Waals surface area contributed by atoms with E-state index in [4.69, 9.17) is 16.0 Å². The Kier molecular flexibility index (Phi) is 5.49. The van der Waals surface area contributed by atoms with Gasteiger partial charge >= 0.3 is 0 Å². The van der Waals surface area contributed by atoms with Crippen LogP contribution in [0.3, 0.4) is 0 Å². The fraction of sp³-hybridized carbons (Fsp3) is 0.375. The van der Waals surface area contributed by atoms with Crippen LogP contribution in [0, 0.1) is 0 Å². The van der Waals surface area contributed by atoms with Crippen molar-refractivity contribution in [1.29, 1.82) is 0 Å². The summed E-state index contributed by atoms with van der Waals surface area (Å²) in [6, 6.07) is 12.5. The second-order valence-electron chi connectivity index (χ2n) is 4.70. The zero-order valence-electron chi connectivity index (χ0n) is 11.2. The van der Waals surface area contributed by atoms with Gasteiger partial charge in [-0.2, -0.15) is 0 Å². The Morgan fingerprint density at radius 1 is 1.21 bits per heavy atom. The van der Waals surface area contributed by atoms with Crippen molar-refractivity contribution in [3.8, 4) is 0 Å². The van der Waals surface area contributed by atoms with Gasteiger partial charge < -0.3 is 9.73 Å². The number of rotatable bonds is 7. The first-order chi connectivity index (χ1) is 9.28. The van der Waals surface area contributed by atoms with Crippen molar-refractivity contribution in [3.05, 3.63) is 59.0 Å². The van der Waals surface area contributed by atoms with Crippen LogP contribution in [0.2, 0.25) is 5.02 Å². The second-order valence-corrected chi connectivity index (χ2v) is 5.14.